The maximum atomic E-state index is 5.73. The van der Waals surface area contributed by atoms with Gasteiger partial charge >= 0.3 is 0 Å². The molecule has 1 unspecified atom stereocenters. The van der Waals surface area contributed by atoms with Gasteiger partial charge < -0.3 is 5.73 Å². The van der Waals surface area contributed by atoms with Gasteiger partial charge in [-0.3, -0.25) is 0 Å². The summed E-state index contributed by atoms with van der Waals surface area (Å²) in [4.78, 5) is 1.23. The van der Waals surface area contributed by atoms with Crippen molar-refractivity contribution in [3.63, 3.8) is 0 Å². The summed E-state index contributed by atoms with van der Waals surface area (Å²) in [5, 5.41) is 8.06. The smallest absolute Gasteiger partial charge is 0.0995 e. The Hall–Kier alpha value is -1.33. The first kappa shape index (κ1) is 11.2. The van der Waals surface area contributed by atoms with Crippen molar-refractivity contribution in [2.24, 2.45) is 5.73 Å². The molecule has 0 aliphatic carbocycles. The van der Waals surface area contributed by atoms with E-state index in [-0.39, 0.29) is 6.04 Å². The summed E-state index contributed by atoms with van der Waals surface area (Å²) in [5.41, 5.74) is 7.53. The van der Waals surface area contributed by atoms with Gasteiger partial charge in [0, 0.05) is 10.9 Å². The highest BCUT2D eigenvalue weighted by Crippen LogP contribution is 2.17. The van der Waals surface area contributed by atoms with Gasteiger partial charge in [-0.15, -0.1) is 16.9 Å². The summed E-state index contributed by atoms with van der Waals surface area (Å²) in [6, 6.07) is 8.08. The molecule has 1 aromatic heterocycles. The largest absolute Gasteiger partial charge is 0.323 e. The Balaban J connectivity index is 2.28. The Kier molecular flexibility index (Phi) is 3.26. The Morgan fingerprint density at radius 3 is 2.50 bits per heavy atom. The number of nitrogens with zero attached hydrogens (tertiary/aromatic N) is 3. The summed E-state index contributed by atoms with van der Waals surface area (Å²) in [6.45, 7) is 1.89. The van der Waals surface area contributed by atoms with Gasteiger partial charge in [-0.05, 0) is 37.4 Å². The minimum atomic E-state index is -0.0841. The molecular formula is C11H14N4S. The highest BCUT2D eigenvalue weighted by molar-refractivity contribution is 7.98. The molecule has 5 heteroatoms. The second-order valence-corrected chi connectivity index (χ2v) is 4.45. The van der Waals surface area contributed by atoms with Gasteiger partial charge in [-0.25, -0.2) is 4.68 Å². The average molecular weight is 234 g/mol. The van der Waals surface area contributed by atoms with Crippen molar-refractivity contribution < 1.29 is 0 Å². The number of rotatable bonds is 3. The lowest BCUT2D eigenvalue weighted by molar-refractivity contribution is 0.756. The van der Waals surface area contributed by atoms with Crippen LogP contribution in [0.5, 0.6) is 0 Å². The van der Waals surface area contributed by atoms with Gasteiger partial charge in [0.25, 0.3) is 0 Å². The topological polar surface area (TPSA) is 56.7 Å². The van der Waals surface area contributed by atoms with Gasteiger partial charge in [-0.2, -0.15) is 0 Å². The van der Waals surface area contributed by atoms with E-state index in [0.29, 0.717) is 0 Å². The molecule has 2 aromatic rings. The van der Waals surface area contributed by atoms with Crippen molar-refractivity contribution in [1.29, 1.82) is 0 Å². The summed E-state index contributed by atoms with van der Waals surface area (Å²) >= 11 is 1.72. The summed E-state index contributed by atoms with van der Waals surface area (Å²) in [7, 11) is 0. The van der Waals surface area contributed by atoms with E-state index in [1.54, 1.807) is 16.4 Å². The van der Waals surface area contributed by atoms with Crippen LogP contribution in [0.2, 0.25) is 0 Å². The average Bonchev–Trinajstić information content (AvgIpc) is 2.78. The molecule has 0 aliphatic heterocycles. The molecule has 2 N–H and O–H groups in total. The first-order valence-corrected chi connectivity index (χ1v) is 6.25. The minimum Gasteiger partial charge on any atom is -0.323 e. The molecule has 0 radical (unpaired) electrons. The molecule has 0 bridgehead atoms. The Labute approximate surface area is 98.8 Å². The van der Waals surface area contributed by atoms with Crippen LogP contribution in [0.3, 0.4) is 0 Å². The molecule has 0 spiro atoms. The lowest BCUT2D eigenvalue weighted by atomic mass is 10.3. The molecular weight excluding hydrogens is 220 g/mol. The predicted octanol–water partition coefficient (Wildman–Crippen LogP) is 2.01. The summed E-state index contributed by atoms with van der Waals surface area (Å²) in [5.74, 6) is 0. The monoisotopic (exact) mass is 234 g/mol. The molecule has 0 fully saturated rings. The van der Waals surface area contributed by atoms with E-state index in [1.807, 2.05) is 25.3 Å². The van der Waals surface area contributed by atoms with Gasteiger partial charge in [0.15, 0.2) is 0 Å². The Morgan fingerprint density at radius 2 is 2.00 bits per heavy atom. The first-order valence-electron chi connectivity index (χ1n) is 5.03. The van der Waals surface area contributed by atoms with E-state index >= 15 is 0 Å². The first-order chi connectivity index (χ1) is 7.70. The quantitative estimate of drug-likeness (QED) is 0.825. The van der Waals surface area contributed by atoms with Crippen molar-refractivity contribution in [3.05, 3.63) is 36.2 Å². The number of aromatic nitrogens is 3. The van der Waals surface area contributed by atoms with E-state index in [1.165, 1.54) is 4.90 Å². The van der Waals surface area contributed by atoms with Crippen LogP contribution in [-0.4, -0.2) is 21.2 Å². The fourth-order valence-corrected chi connectivity index (χ4v) is 1.75. The molecule has 84 valence electrons. The number of benzene rings is 1. The van der Waals surface area contributed by atoms with Crippen LogP contribution in [-0.2, 0) is 0 Å². The van der Waals surface area contributed by atoms with Crippen LogP contribution >= 0.6 is 11.8 Å². The van der Waals surface area contributed by atoms with Crippen molar-refractivity contribution in [1.82, 2.24) is 15.0 Å². The second kappa shape index (κ2) is 4.67. The van der Waals surface area contributed by atoms with E-state index in [4.69, 9.17) is 5.73 Å². The molecule has 4 nitrogen and oxygen atoms in total. The van der Waals surface area contributed by atoms with Gasteiger partial charge in [0.1, 0.15) is 0 Å². The molecule has 16 heavy (non-hydrogen) atoms. The van der Waals surface area contributed by atoms with E-state index in [2.05, 4.69) is 28.7 Å². The van der Waals surface area contributed by atoms with E-state index in [9.17, 15) is 0 Å². The Morgan fingerprint density at radius 1 is 1.31 bits per heavy atom. The molecule has 2 rings (SSSR count). The van der Waals surface area contributed by atoms with E-state index < -0.39 is 0 Å². The molecule has 0 saturated heterocycles. The van der Waals surface area contributed by atoms with Crippen LogP contribution in [0.4, 0.5) is 0 Å². The van der Waals surface area contributed by atoms with Crippen LogP contribution in [0.15, 0.2) is 35.4 Å². The van der Waals surface area contributed by atoms with Crippen LogP contribution in [0.1, 0.15) is 18.7 Å². The lowest BCUT2D eigenvalue weighted by Gasteiger charge is -2.01. The third-order valence-electron chi connectivity index (χ3n) is 2.31. The number of nitrogens with two attached hydrogens (primary N) is 1. The third-order valence-corrected chi connectivity index (χ3v) is 3.06. The second-order valence-electron chi connectivity index (χ2n) is 3.57. The highest BCUT2D eigenvalue weighted by Gasteiger charge is 2.06. The number of hydrogen-bond acceptors (Lipinski definition) is 4. The lowest BCUT2D eigenvalue weighted by Crippen LogP contribution is -2.04. The molecule has 1 heterocycles. The standard InChI is InChI=1S/C11H14N4S/c1-8(12)11-7-15(14-13-11)9-3-5-10(16-2)6-4-9/h3-8H,12H2,1-2H3. The van der Waals surface area contributed by atoms with Gasteiger partial charge in [0.05, 0.1) is 17.6 Å². The molecule has 0 aliphatic rings. The van der Waals surface area contributed by atoms with Gasteiger partial charge in [0.2, 0.25) is 0 Å². The fourth-order valence-electron chi connectivity index (χ4n) is 1.35. The molecule has 0 saturated carbocycles. The van der Waals surface area contributed by atoms with Crippen molar-refractivity contribution in [2.45, 2.75) is 17.9 Å². The zero-order chi connectivity index (χ0) is 11.5. The van der Waals surface area contributed by atoms with Crippen molar-refractivity contribution >= 4 is 11.8 Å². The van der Waals surface area contributed by atoms with Crippen molar-refractivity contribution in [3.8, 4) is 5.69 Å². The van der Waals surface area contributed by atoms with Crippen LogP contribution in [0.25, 0.3) is 5.69 Å². The van der Waals surface area contributed by atoms with Crippen molar-refractivity contribution in [2.75, 3.05) is 6.26 Å². The zero-order valence-corrected chi connectivity index (χ0v) is 10.1. The third kappa shape index (κ3) is 2.25. The summed E-state index contributed by atoms with van der Waals surface area (Å²) in [6.07, 6.45) is 3.91. The maximum absolute atomic E-state index is 5.73. The molecule has 0 amide bonds. The Bertz CT molecular complexity index is 461. The van der Waals surface area contributed by atoms with E-state index in [0.717, 1.165) is 11.4 Å². The predicted molar refractivity (Wildman–Crippen MR) is 65.7 cm³/mol. The zero-order valence-electron chi connectivity index (χ0n) is 9.29. The molecule has 1 aromatic carbocycles. The van der Waals surface area contributed by atoms with Crippen LogP contribution in [0, 0.1) is 0 Å². The van der Waals surface area contributed by atoms with Crippen LogP contribution < -0.4 is 5.73 Å². The number of hydrogen-bond donors (Lipinski definition) is 1. The summed E-state index contributed by atoms with van der Waals surface area (Å²) < 4.78 is 1.74. The highest BCUT2D eigenvalue weighted by atomic mass is 32.2. The maximum Gasteiger partial charge on any atom is 0.0995 e. The number of thioether (sulfide) groups is 1. The SMILES string of the molecule is CSc1ccc(-n2cc(C(C)N)nn2)cc1. The normalized spacial score (nSPS) is 12.7. The van der Waals surface area contributed by atoms with Gasteiger partial charge in [-0.1, -0.05) is 5.21 Å². The fraction of sp³-hybridized carbons (Fsp3) is 0.273. The molecule has 1 atom stereocenters. The minimum absolute atomic E-state index is 0.0841.